The predicted molar refractivity (Wildman–Crippen MR) is 262 cm³/mol. The molecule has 0 spiro atoms. The lowest BCUT2D eigenvalue weighted by Crippen LogP contribution is -2.64. The van der Waals surface area contributed by atoms with Crippen molar-refractivity contribution in [2.75, 3.05) is 0 Å². The molecule has 77 heteroatoms. The Morgan fingerprint density at radius 2 is 0.253 bits per heavy atom. The second-order valence-corrected chi connectivity index (χ2v) is 203. The van der Waals surface area contributed by atoms with Gasteiger partial charge in [-0.05, 0) is 0 Å². The smallest absolute Gasteiger partial charge is 0.381 e. The van der Waals surface area contributed by atoms with E-state index in [-0.39, 0.29) is 0 Å². The Balaban J connectivity index is 6.08. The van der Waals surface area contributed by atoms with Crippen molar-refractivity contribution in [3.63, 3.8) is 0 Å². The molecule has 0 fully saturated rings. The van der Waals surface area contributed by atoms with Crippen LogP contribution in [0.4, 0.5) is 0 Å². The summed E-state index contributed by atoms with van der Waals surface area (Å²) in [5.74, 6) is 0. The quantitative estimate of drug-likeness (QED) is 0.0518. The van der Waals surface area contributed by atoms with E-state index in [2.05, 4.69) is 0 Å². The first kappa shape index (κ1) is 79.9. The van der Waals surface area contributed by atoms with Gasteiger partial charge in [0.1, 0.15) is 0 Å². The summed E-state index contributed by atoms with van der Waals surface area (Å²) in [7, 11) is -169. The van der Waals surface area contributed by atoms with E-state index < -0.39 is 303 Å². The Labute approximate surface area is 479 Å². The van der Waals surface area contributed by atoms with Gasteiger partial charge in [0, 0.05) is 0 Å². The summed E-state index contributed by atoms with van der Waals surface area (Å²) in [6, 6.07) is 0. The van der Waals surface area contributed by atoms with Gasteiger partial charge in [0.2, 0.25) is 0 Å². The fourth-order valence-electron chi connectivity index (χ4n) is 4.06. The molecule has 0 saturated heterocycles. The highest BCUT2D eigenvalue weighted by Crippen LogP contribution is 2.05. The third-order valence-corrected chi connectivity index (χ3v) is 312. The number of rotatable bonds is 38. The topological polar surface area (TPSA) is 649 Å². The Morgan fingerprint density at radius 3 is 0.354 bits per heavy atom. The lowest BCUT2D eigenvalue weighted by Gasteiger charge is -2.12. The van der Waals surface area contributed by atoms with Crippen LogP contribution in [0.25, 0.3) is 0 Å². The Morgan fingerprint density at radius 1 is 0.165 bits per heavy atom. The van der Waals surface area contributed by atoms with Crippen molar-refractivity contribution in [1.29, 1.82) is 0 Å². The molecule has 79 heavy (non-hydrogen) atoms. The zero-order valence-electron chi connectivity index (χ0n) is 37.0. The van der Waals surface area contributed by atoms with Gasteiger partial charge in [-0.25, -0.2) is 0 Å². The highest BCUT2D eigenvalue weighted by atomic mass is 30.2. The first-order chi connectivity index (χ1) is 35.9. The van der Waals surface area contributed by atoms with Crippen molar-refractivity contribution >= 4 is 303 Å². The molecule has 2 radical (unpaired) electrons. The molecule has 0 aliphatic heterocycles. The van der Waals surface area contributed by atoms with Crippen molar-refractivity contribution in [1.82, 2.24) is 0 Å². The summed E-state index contributed by atoms with van der Waals surface area (Å²) in [6.07, 6.45) is 0. The minimum absolute atomic E-state index is 0.679. The fraction of sp³-hybridized carbons (Fsp3) is 1.00. The average Bonchev–Trinajstić information content (AvgIpc) is 3.45. The van der Waals surface area contributed by atoms with Crippen LogP contribution in [0, 0.1) is 0 Å². The Bertz CT molecular complexity index is 3280. The molecule has 0 amide bonds. The summed E-state index contributed by atoms with van der Waals surface area (Å²) < 4.78 is 475. The SMILES string of the molecule is C[Si](C)([Si](=O)[Si](=O)[Si](=O)[Si](=O)[Si](=O)[Si](=O)[Si](=O)[Si](=O)[Si](=O)[Si](=O)[Si](=O)[Si](=O)[Si](=O)[Si](=O)[Si](=O)[Si](=O)[Si](=O)[Si](=O)[Si]=O)[Si](=O)[Si](=O)[Si](=O)[Si](=O)[Si](=O)[Si](=O)[Si](=O)[Si](=O)[Si](=O)[Si](=O)[Si](=O)[Si](=O)[Si](=O)[Si](=O)[Si](=O)[Si](=O)[Si](=O)[Si](=O)[Si]=O. The molecule has 0 heterocycles. The predicted octanol–water partition coefficient (Wildman–Crippen LogP) is -18.2. The first-order valence-electron chi connectivity index (χ1n) is 18.3. The molecule has 398 valence electrons. The second kappa shape index (κ2) is 35.0. The second-order valence-electron chi connectivity index (χ2n) is 13.7. The van der Waals surface area contributed by atoms with Gasteiger partial charge < -0.3 is 170 Å². The van der Waals surface area contributed by atoms with Crippen molar-refractivity contribution in [2.24, 2.45) is 0 Å². The highest BCUT2D eigenvalue weighted by Gasteiger charge is 2.61. The summed E-state index contributed by atoms with van der Waals surface area (Å²) in [4.78, 5) is 0. The molecule has 0 rings (SSSR count). The Hall–Kier alpha value is 0.858. The van der Waals surface area contributed by atoms with Crippen LogP contribution >= 0.6 is 0 Å². The molecule has 0 aromatic carbocycles. The molecular formula is C2H6O38Si39. The molecular weight excluding hydrogens is 1730 g/mol. The van der Waals surface area contributed by atoms with E-state index in [1.54, 1.807) is 0 Å². The maximum atomic E-state index is 13.4. The van der Waals surface area contributed by atoms with E-state index in [0.29, 0.717) is 13.1 Å². The number of hydrogen-bond donors (Lipinski definition) is 0. The lowest BCUT2D eigenvalue weighted by atomic mass is 11.9. The van der Waals surface area contributed by atoms with Crippen molar-refractivity contribution in [2.45, 2.75) is 13.1 Å². The zero-order valence-corrected chi connectivity index (χ0v) is 76.0. The molecule has 0 saturated carbocycles. The van der Waals surface area contributed by atoms with E-state index in [9.17, 15) is 170 Å². The van der Waals surface area contributed by atoms with Gasteiger partial charge in [-0.1, -0.05) is 13.1 Å². The molecule has 0 unspecified atom stereocenters. The van der Waals surface area contributed by atoms with Crippen LogP contribution in [0.2, 0.25) is 13.1 Å². The Kier molecular flexibility index (Phi) is 35.4. The molecule has 0 aliphatic rings. The molecule has 0 aromatic heterocycles. The third-order valence-electron chi connectivity index (χ3n) is 8.33. The highest BCUT2D eigenvalue weighted by molar-refractivity contribution is 7.88. The van der Waals surface area contributed by atoms with Crippen molar-refractivity contribution < 1.29 is 170 Å². The van der Waals surface area contributed by atoms with E-state index in [1.807, 2.05) is 0 Å². The van der Waals surface area contributed by atoms with Gasteiger partial charge in [-0.3, -0.25) is 0 Å². The average molecular weight is 1730 g/mol. The van der Waals surface area contributed by atoms with E-state index in [0.717, 1.165) is 0 Å². The standard InChI is InChI=1S/C2H6O38Si39/c1-79(2,77(39)75(37)73(35)71(33)69(31)67(29)65(27)63(25)61(23)59(21)57(19)55(17)53(15)51(13)49(11)47(9)45(7)43(5)41-3)78(40)76(38)74(36)72(34)70(32)68(30)66(28)64(26)62(24)60(22)58(20)56(18)54(16)52(14)50(12)48(10)46(8)44(6)42-4/h1-2H3. The molecule has 38 nitrogen and oxygen atoms in total. The number of hydrogen-bond acceptors (Lipinski definition) is 38. The van der Waals surface area contributed by atoms with E-state index in [1.165, 1.54) is 0 Å². The van der Waals surface area contributed by atoms with Crippen LogP contribution in [0.3, 0.4) is 0 Å². The normalized spacial score (nSPS) is 10.1. The van der Waals surface area contributed by atoms with Gasteiger partial charge in [0.05, 0.1) is 0 Å². The summed E-state index contributed by atoms with van der Waals surface area (Å²) >= 11 is 0. The van der Waals surface area contributed by atoms with Crippen LogP contribution in [-0.2, 0) is 170 Å². The van der Waals surface area contributed by atoms with Crippen molar-refractivity contribution in [3.05, 3.63) is 0 Å². The van der Waals surface area contributed by atoms with Crippen LogP contribution in [-0.4, -0.2) is 303 Å². The van der Waals surface area contributed by atoms with E-state index >= 15 is 0 Å². The van der Waals surface area contributed by atoms with Crippen LogP contribution in [0.15, 0.2) is 0 Å². The first-order valence-corrected chi connectivity index (χ1v) is 112. The maximum absolute atomic E-state index is 13.4. The molecule has 0 aromatic rings. The van der Waals surface area contributed by atoms with Crippen LogP contribution in [0.5, 0.6) is 0 Å². The summed E-state index contributed by atoms with van der Waals surface area (Å²) in [5.41, 5.74) is 0. The lowest BCUT2D eigenvalue weighted by molar-refractivity contribution is 0.532. The van der Waals surface area contributed by atoms with Gasteiger partial charge >= 0.3 is 296 Å². The largest absolute Gasteiger partial charge is 0.389 e. The van der Waals surface area contributed by atoms with Gasteiger partial charge in [0.25, 0.3) is 0 Å². The summed E-state index contributed by atoms with van der Waals surface area (Å²) in [6.45, 7) is 1.36. The van der Waals surface area contributed by atoms with E-state index in [4.69, 9.17) is 0 Å². The van der Waals surface area contributed by atoms with Crippen molar-refractivity contribution in [3.8, 4) is 0 Å². The summed E-state index contributed by atoms with van der Waals surface area (Å²) in [5, 5.41) is 0. The van der Waals surface area contributed by atoms with Crippen LogP contribution in [0.1, 0.15) is 0 Å². The van der Waals surface area contributed by atoms with Crippen LogP contribution < -0.4 is 0 Å². The third kappa shape index (κ3) is 19.9. The van der Waals surface area contributed by atoms with Gasteiger partial charge in [0.15, 0.2) is 7.11 Å². The molecule has 0 atom stereocenters. The minimum atomic E-state index is -4.71. The fourth-order valence-corrected chi connectivity index (χ4v) is 456. The monoisotopic (exact) mass is 1730 g/mol. The molecule has 0 aliphatic carbocycles. The minimum Gasteiger partial charge on any atom is -0.389 e. The maximum Gasteiger partial charge on any atom is 0.381 e. The van der Waals surface area contributed by atoms with Gasteiger partial charge in [-0.15, -0.1) is 0 Å². The zero-order chi connectivity index (χ0) is 62.7. The van der Waals surface area contributed by atoms with Gasteiger partial charge in [-0.2, -0.15) is 0 Å². The molecule has 0 bridgehead atoms. The molecule has 0 N–H and O–H groups in total.